The number of benzene rings is 1. The van der Waals surface area contributed by atoms with Gasteiger partial charge in [0.05, 0.1) is 0 Å². The van der Waals surface area contributed by atoms with Gasteiger partial charge < -0.3 is 15.4 Å². The molecule has 0 aliphatic carbocycles. The maximum atomic E-state index is 12.0. The van der Waals surface area contributed by atoms with Crippen molar-refractivity contribution < 1.29 is 22.7 Å². The summed E-state index contributed by atoms with van der Waals surface area (Å²) in [5.74, 6) is -0.679. The molecular formula is C13H17F3N2O2. The monoisotopic (exact) mass is 290 g/mol. The molecule has 1 atom stereocenters. The molecule has 2 N–H and O–H groups in total. The van der Waals surface area contributed by atoms with Gasteiger partial charge in [0.15, 0.2) is 0 Å². The van der Waals surface area contributed by atoms with Gasteiger partial charge in [0.2, 0.25) is 5.91 Å². The molecule has 0 spiro atoms. The van der Waals surface area contributed by atoms with Crippen LogP contribution < -0.4 is 10.5 Å². The fourth-order valence-electron chi connectivity index (χ4n) is 1.63. The standard InChI is InChI=1S/C13H17F3N2O2/c1-9(7-17)12(19)18(2)8-10-3-5-11(6-4-10)20-13(14,15)16/h3-6,9H,7-8,17H2,1-2H3. The van der Waals surface area contributed by atoms with Gasteiger partial charge in [-0.1, -0.05) is 19.1 Å². The Morgan fingerprint density at radius 3 is 2.35 bits per heavy atom. The summed E-state index contributed by atoms with van der Waals surface area (Å²) in [6.45, 7) is 2.27. The second-order valence-electron chi connectivity index (χ2n) is 4.52. The van der Waals surface area contributed by atoms with Crippen molar-refractivity contribution in [2.75, 3.05) is 13.6 Å². The summed E-state index contributed by atoms with van der Waals surface area (Å²) in [6, 6.07) is 5.40. The molecule has 0 heterocycles. The summed E-state index contributed by atoms with van der Waals surface area (Å²) >= 11 is 0. The zero-order chi connectivity index (χ0) is 15.3. The van der Waals surface area contributed by atoms with Crippen LogP contribution in [-0.4, -0.2) is 30.8 Å². The topological polar surface area (TPSA) is 55.6 Å². The molecule has 0 aliphatic rings. The van der Waals surface area contributed by atoms with E-state index >= 15 is 0 Å². The van der Waals surface area contributed by atoms with Gasteiger partial charge in [-0.15, -0.1) is 13.2 Å². The number of hydrogen-bond acceptors (Lipinski definition) is 3. The van der Waals surface area contributed by atoms with E-state index in [1.54, 1.807) is 14.0 Å². The molecule has 1 rings (SSSR count). The van der Waals surface area contributed by atoms with Crippen LogP contribution in [0.5, 0.6) is 5.75 Å². The lowest BCUT2D eigenvalue weighted by Crippen LogP contribution is -2.34. The molecule has 0 saturated heterocycles. The first-order chi connectivity index (χ1) is 9.23. The van der Waals surface area contributed by atoms with Crippen molar-refractivity contribution in [1.29, 1.82) is 0 Å². The summed E-state index contributed by atoms with van der Waals surface area (Å²) in [6.07, 6.45) is -4.70. The highest BCUT2D eigenvalue weighted by atomic mass is 19.4. The van der Waals surface area contributed by atoms with E-state index in [-0.39, 0.29) is 24.1 Å². The lowest BCUT2D eigenvalue weighted by atomic mass is 10.1. The number of rotatable bonds is 5. The predicted molar refractivity (Wildman–Crippen MR) is 67.8 cm³/mol. The second-order valence-corrected chi connectivity index (χ2v) is 4.52. The molecule has 0 saturated carbocycles. The van der Waals surface area contributed by atoms with E-state index in [1.165, 1.54) is 29.2 Å². The Balaban J connectivity index is 2.64. The molecule has 1 amide bonds. The van der Waals surface area contributed by atoms with Crippen LogP contribution in [0.4, 0.5) is 13.2 Å². The lowest BCUT2D eigenvalue weighted by molar-refractivity contribution is -0.274. The molecule has 1 aromatic carbocycles. The molecule has 0 radical (unpaired) electrons. The number of halogens is 3. The summed E-state index contributed by atoms with van der Waals surface area (Å²) in [4.78, 5) is 13.3. The second kappa shape index (κ2) is 6.60. The van der Waals surface area contributed by atoms with Gasteiger partial charge in [0.25, 0.3) is 0 Å². The fraction of sp³-hybridized carbons (Fsp3) is 0.462. The maximum Gasteiger partial charge on any atom is 0.573 e. The van der Waals surface area contributed by atoms with Crippen LogP contribution in [0.25, 0.3) is 0 Å². The van der Waals surface area contributed by atoms with Gasteiger partial charge in [-0.3, -0.25) is 4.79 Å². The highest BCUT2D eigenvalue weighted by molar-refractivity contribution is 5.78. The highest BCUT2D eigenvalue weighted by Gasteiger charge is 2.30. The zero-order valence-electron chi connectivity index (χ0n) is 11.3. The number of alkyl halides is 3. The van der Waals surface area contributed by atoms with Crippen molar-refractivity contribution >= 4 is 5.91 Å². The van der Waals surface area contributed by atoms with E-state index in [1.807, 2.05) is 0 Å². The zero-order valence-corrected chi connectivity index (χ0v) is 11.3. The highest BCUT2D eigenvalue weighted by Crippen LogP contribution is 2.23. The van der Waals surface area contributed by atoms with Crippen molar-refractivity contribution in [3.8, 4) is 5.75 Å². The molecule has 20 heavy (non-hydrogen) atoms. The smallest absolute Gasteiger partial charge is 0.406 e. The number of carbonyl (C=O) groups excluding carboxylic acids is 1. The van der Waals surface area contributed by atoms with Gasteiger partial charge >= 0.3 is 6.36 Å². The van der Waals surface area contributed by atoms with Gasteiger partial charge in [0, 0.05) is 26.1 Å². The minimum absolute atomic E-state index is 0.108. The number of hydrogen-bond donors (Lipinski definition) is 1. The molecule has 0 aromatic heterocycles. The first kappa shape index (κ1) is 16.3. The Morgan fingerprint density at radius 1 is 1.35 bits per heavy atom. The van der Waals surface area contributed by atoms with E-state index in [0.29, 0.717) is 12.1 Å². The van der Waals surface area contributed by atoms with Crippen LogP contribution in [0.3, 0.4) is 0 Å². The fourth-order valence-corrected chi connectivity index (χ4v) is 1.63. The maximum absolute atomic E-state index is 12.0. The van der Waals surface area contributed by atoms with Gasteiger partial charge in [-0.2, -0.15) is 0 Å². The number of nitrogens with two attached hydrogens (primary N) is 1. The first-order valence-corrected chi connectivity index (χ1v) is 6.02. The summed E-state index contributed by atoms with van der Waals surface area (Å²) < 4.78 is 39.8. The molecule has 112 valence electrons. The molecule has 1 unspecified atom stereocenters. The van der Waals surface area contributed by atoms with E-state index < -0.39 is 6.36 Å². The van der Waals surface area contributed by atoms with Crippen LogP contribution in [0.2, 0.25) is 0 Å². The third kappa shape index (κ3) is 5.08. The van der Waals surface area contributed by atoms with Crippen LogP contribution in [0.1, 0.15) is 12.5 Å². The Labute approximate surface area is 115 Å². The summed E-state index contributed by atoms with van der Waals surface area (Å²) in [7, 11) is 1.62. The van der Waals surface area contributed by atoms with E-state index in [9.17, 15) is 18.0 Å². The molecule has 0 aliphatic heterocycles. The van der Waals surface area contributed by atoms with Crippen molar-refractivity contribution in [2.45, 2.75) is 19.8 Å². The molecule has 0 fully saturated rings. The van der Waals surface area contributed by atoms with Crippen LogP contribution >= 0.6 is 0 Å². The SMILES string of the molecule is CC(CN)C(=O)N(C)Cc1ccc(OC(F)(F)F)cc1. The lowest BCUT2D eigenvalue weighted by Gasteiger charge is -2.20. The van der Waals surface area contributed by atoms with Crippen LogP contribution in [-0.2, 0) is 11.3 Å². The van der Waals surface area contributed by atoms with Gasteiger partial charge in [-0.05, 0) is 17.7 Å². The average molecular weight is 290 g/mol. The Kier molecular flexibility index (Phi) is 5.38. The predicted octanol–water partition coefficient (Wildman–Crippen LogP) is 2.14. The van der Waals surface area contributed by atoms with Crippen molar-refractivity contribution in [3.05, 3.63) is 29.8 Å². The largest absolute Gasteiger partial charge is 0.573 e. The van der Waals surface area contributed by atoms with Gasteiger partial charge in [0.1, 0.15) is 5.75 Å². The average Bonchev–Trinajstić information content (AvgIpc) is 2.37. The molecule has 0 bridgehead atoms. The Bertz CT molecular complexity index is 446. The van der Waals surface area contributed by atoms with Crippen LogP contribution in [0, 0.1) is 5.92 Å². The van der Waals surface area contributed by atoms with E-state index in [0.717, 1.165) is 0 Å². The molecule has 4 nitrogen and oxygen atoms in total. The van der Waals surface area contributed by atoms with E-state index in [4.69, 9.17) is 5.73 Å². The number of amides is 1. The Hall–Kier alpha value is -1.76. The minimum atomic E-state index is -4.70. The third-order valence-corrected chi connectivity index (χ3v) is 2.73. The van der Waals surface area contributed by atoms with Crippen molar-refractivity contribution in [3.63, 3.8) is 0 Å². The number of ether oxygens (including phenoxy) is 1. The minimum Gasteiger partial charge on any atom is -0.406 e. The van der Waals surface area contributed by atoms with Crippen molar-refractivity contribution in [1.82, 2.24) is 4.90 Å². The third-order valence-electron chi connectivity index (χ3n) is 2.73. The quantitative estimate of drug-likeness (QED) is 0.904. The molecule has 1 aromatic rings. The Morgan fingerprint density at radius 2 is 1.90 bits per heavy atom. The van der Waals surface area contributed by atoms with E-state index in [2.05, 4.69) is 4.74 Å². The summed E-state index contributed by atoms with van der Waals surface area (Å²) in [5, 5.41) is 0. The summed E-state index contributed by atoms with van der Waals surface area (Å²) in [5.41, 5.74) is 6.12. The normalized spacial score (nSPS) is 12.9. The van der Waals surface area contributed by atoms with Gasteiger partial charge in [-0.25, -0.2) is 0 Å². The molecule has 7 heteroatoms. The number of carbonyl (C=O) groups is 1. The number of nitrogens with zero attached hydrogens (tertiary/aromatic N) is 1. The first-order valence-electron chi connectivity index (χ1n) is 6.02. The van der Waals surface area contributed by atoms with Crippen molar-refractivity contribution in [2.24, 2.45) is 11.7 Å². The van der Waals surface area contributed by atoms with Crippen LogP contribution in [0.15, 0.2) is 24.3 Å². The molecular weight excluding hydrogens is 273 g/mol.